The van der Waals surface area contributed by atoms with Crippen LogP contribution in [-0.2, 0) is 4.79 Å². The summed E-state index contributed by atoms with van der Waals surface area (Å²) in [5.41, 5.74) is -0.255. The molecule has 1 saturated heterocycles. The van der Waals surface area contributed by atoms with Gasteiger partial charge in [0.1, 0.15) is 5.02 Å². The average Bonchev–Trinajstić information content (AvgIpc) is 2.88. The zero-order valence-electron chi connectivity index (χ0n) is 11.1. The molecular weight excluding hydrogens is 282 g/mol. The first-order valence-electron chi connectivity index (χ1n) is 6.49. The smallest absolute Gasteiger partial charge is 0.288 e. The maximum Gasteiger partial charge on any atom is 0.288 e. The van der Waals surface area contributed by atoms with Gasteiger partial charge in [0.2, 0.25) is 5.91 Å². The van der Waals surface area contributed by atoms with Crippen LogP contribution in [0.15, 0.2) is 18.2 Å². The number of amides is 1. The quantitative estimate of drug-likeness (QED) is 0.661. The van der Waals surface area contributed by atoms with E-state index in [1.165, 1.54) is 18.2 Å². The molecule has 6 nitrogen and oxygen atoms in total. The largest absolute Gasteiger partial charge is 0.324 e. The molecule has 1 unspecified atom stereocenters. The maximum atomic E-state index is 12.3. The van der Waals surface area contributed by atoms with E-state index in [0.29, 0.717) is 12.1 Å². The Morgan fingerprint density at radius 1 is 1.60 bits per heavy atom. The fraction of sp³-hybridized carbons (Fsp3) is 0.462. The van der Waals surface area contributed by atoms with Crippen LogP contribution in [0.4, 0.5) is 11.4 Å². The lowest BCUT2D eigenvalue weighted by atomic mass is 9.93. The Hall–Kier alpha value is -1.66. The molecule has 2 rings (SSSR count). The van der Waals surface area contributed by atoms with Crippen LogP contribution in [0.5, 0.6) is 0 Å². The van der Waals surface area contributed by atoms with Gasteiger partial charge in [-0.05, 0) is 37.9 Å². The maximum absolute atomic E-state index is 12.3. The lowest BCUT2D eigenvalue weighted by molar-refractivity contribution is -0.384. The molecule has 20 heavy (non-hydrogen) atoms. The van der Waals surface area contributed by atoms with E-state index in [4.69, 9.17) is 11.6 Å². The highest BCUT2D eigenvalue weighted by molar-refractivity contribution is 6.33. The fourth-order valence-corrected chi connectivity index (χ4v) is 2.70. The van der Waals surface area contributed by atoms with Crippen LogP contribution in [-0.4, -0.2) is 22.9 Å². The molecule has 1 amide bonds. The number of nitro groups is 1. The number of benzene rings is 1. The van der Waals surface area contributed by atoms with Crippen LogP contribution in [0.25, 0.3) is 0 Å². The van der Waals surface area contributed by atoms with Crippen molar-refractivity contribution >= 4 is 28.9 Å². The molecule has 1 aliphatic heterocycles. The number of carbonyl (C=O) groups is 1. The Morgan fingerprint density at radius 3 is 2.85 bits per heavy atom. The van der Waals surface area contributed by atoms with Crippen LogP contribution in [0.2, 0.25) is 5.02 Å². The molecule has 0 spiro atoms. The van der Waals surface area contributed by atoms with Gasteiger partial charge in [0.25, 0.3) is 5.69 Å². The van der Waals surface area contributed by atoms with E-state index in [2.05, 4.69) is 10.6 Å². The summed E-state index contributed by atoms with van der Waals surface area (Å²) in [6.45, 7) is 2.78. The minimum atomic E-state index is -0.556. The number of hydrogen-bond acceptors (Lipinski definition) is 4. The van der Waals surface area contributed by atoms with Gasteiger partial charge in [0.15, 0.2) is 0 Å². The Bertz CT molecular complexity index is 542. The summed E-state index contributed by atoms with van der Waals surface area (Å²) in [6, 6.07) is 4.18. The zero-order valence-corrected chi connectivity index (χ0v) is 11.9. The molecule has 1 aromatic rings. The van der Waals surface area contributed by atoms with Crippen LogP contribution in [0.3, 0.4) is 0 Å². The highest BCUT2D eigenvalue weighted by Gasteiger charge is 2.39. The van der Waals surface area contributed by atoms with Crippen molar-refractivity contribution in [3.05, 3.63) is 33.3 Å². The van der Waals surface area contributed by atoms with Crippen molar-refractivity contribution in [3.63, 3.8) is 0 Å². The summed E-state index contributed by atoms with van der Waals surface area (Å²) < 4.78 is 0. The molecule has 2 N–H and O–H groups in total. The molecule has 7 heteroatoms. The molecule has 108 valence electrons. The molecule has 0 aromatic heterocycles. The molecule has 0 aliphatic carbocycles. The molecule has 1 fully saturated rings. The summed E-state index contributed by atoms with van der Waals surface area (Å²) in [5.74, 6) is -0.123. The number of nitro benzene ring substituents is 1. The lowest BCUT2D eigenvalue weighted by Crippen LogP contribution is -2.50. The van der Waals surface area contributed by atoms with Gasteiger partial charge in [-0.3, -0.25) is 14.9 Å². The number of hydrogen-bond donors (Lipinski definition) is 2. The van der Waals surface area contributed by atoms with Gasteiger partial charge in [-0.15, -0.1) is 0 Å². The van der Waals surface area contributed by atoms with Crippen molar-refractivity contribution in [2.45, 2.75) is 31.7 Å². The molecular formula is C13H16ClN3O3. The third-order valence-corrected chi connectivity index (χ3v) is 3.99. The van der Waals surface area contributed by atoms with Gasteiger partial charge in [0.05, 0.1) is 10.5 Å². The van der Waals surface area contributed by atoms with Crippen molar-refractivity contribution in [2.24, 2.45) is 0 Å². The van der Waals surface area contributed by atoms with Gasteiger partial charge < -0.3 is 10.6 Å². The molecule has 0 bridgehead atoms. The first-order chi connectivity index (χ1) is 9.48. The van der Waals surface area contributed by atoms with Gasteiger partial charge in [-0.2, -0.15) is 0 Å². The number of halogens is 1. The first kappa shape index (κ1) is 14.7. The predicted molar refractivity (Wildman–Crippen MR) is 77.0 cm³/mol. The monoisotopic (exact) mass is 297 g/mol. The molecule has 1 heterocycles. The van der Waals surface area contributed by atoms with E-state index in [-0.39, 0.29) is 16.6 Å². The highest BCUT2D eigenvalue weighted by atomic mass is 35.5. The Balaban J connectivity index is 2.16. The second kappa shape index (κ2) is 5.76. The summed E-state index contributed by atoms with van der Waals surface area (Å²) in [5, 5.41) is 16.7. The van der Waals surface area contributed by atoms with Crippen LogP contribution >= 0.6 is 11.6 Å². The standard InChI is InChI=1S/C13H16ClN3O3/c1-2-13(6-3-7-15-13)12(18)16-9-4-5-11(17(19)20)10(14)8-9/h4-5,8,15H,2-3,6-7H2,1H3,(H,16,18). The van der Waals surface area contributed by atoms with Crippen molar-refractivity contribution < 1.29 is 9.72 Å². The van der Waals surface area contributed by atoms with E-state index in [1.54, 1.807) is 0 Å². The zero-order chi connectivity index (χ0) is 14.8. The Labute approximate surface area is 121 Å². The lowest BCUT2D eigenvalue weighted by Gasteiger charge is -2.26. The third-order valence-electron chi connectivity index (χ3n) is 3.68. The summed E-state index contributed by atoms with van der Waals surface area (Å²) in [4.78, 5) is 22.5. The Morgan fingerprint density at radius 2 is 2.35 bits per heavy atom. The second-order valence-corrected chi connectivity index (χ2v) is 5.25. The SMILES string of the molecule is CCC1(C(=O)Nc2ccc([N+](=O)[O-])c(Cl)c2)CCCN1. The van der Waals surface area contributed by atoms with E-state index >= 15 is 0 Å². The summed E-state index contributed by atoms with van der Waals surface area (Å²) in [6.07, 6.45) is 2.44. The normalized spacial score (nSPS) is 21.7. The number of rotatable bonds is 4. The van der Waals surface area contributed by atoms with Crippen LogP contribution in [0, 0.1) is 10.1 Å². The van der Waals surface area contributed by atoms with Crippen molar-refractivity contribution in [3.8, 4) is 0 Å². The van der Waals surface area contributed by atoms with Gasteiger partial charge >= 0.3 is 0 Å². The van der Waals surface area contributed by atoms with Crippen LogP contribution < -0.4 is 10.6 Å². The summed E-state index contributed by atoms with van der Waals surface area (Å²) in [7, 11) is 0. The van der Waals surface area contributed by atoms with Gasteiger partial charge in [-0.1, -0.05) is 18.5 Å². The molecule has 1 atom stereocenters. The number of nitrogens with zero attached hydrogens (tertiary/aromatic N) is 1. The number of nitrogens with one attached hydrogen (secondary N) is 2. The number of anilines is 1. The predicted octanol–water partition coefficient (Wildman–Crippen LogP) is 2.72. The van der Waals surface area contributed by atoms with E-state index in [9.17, 15) is 14.9 Å². The minimum Gasteiger partial charge on any atom is -0.324 e. The minimum absolute atomic E-state index is 0.0118. The summed E-state index contributed by atoms with van der Waals surface area (Å²) >= 11 is 5.83. The van der Waals surface area contributed by atoms with Crippen molar-refractivity contribution in [1.29, 1.82) is 0 Å². The number of carbonyl (C=O) groups excluding carboxylic acids is 1. The second-order valence-electron chi connectivity index (χ2n) is 4.84. The molecule has 0 radical (unpaired) electrons. The topological polar surface area (TPSA) is 84.3 Å². The van der Waals surface area contributed by atoms with Crippen LogP contribution in [0.1, 0.15) is 26.2 Å². The van der Waals surface area contributed by atoms with E-state index < -0.39 is 10.5 Å². The molecule has 0 saturated carbocycles. The fourth-order valence-electron chi connectivity index (χ4n) is 2.45. The van der Waals surface area contributed by atoms with Crippen molar-refractivity contribution in [2.75, 3.05) is 11.9 Å². The molecule has 1 aliphatic rings. The highest BCUT2D eigenvalue weighted by Crippen LogP contribution is 2.29. The van der Waals surface area contributed by atoms with E-state index in [1.807, 2.05) is 6.92 Å². The van der Waals surface area contributed by atoms with Gasteiger partial charge in [-0.25, -0.2) is 0 Å². The van der Waals surface area contributed by atoms with E-state index in [0.717, 1.165) is 19.4 Å². The average molecular weight is 298 g/mol. The Kier molecular flexibility index (Phi) is 4.25. The van der Waals surface area contributed by atoms with Crippen molar-refractivity contribution in [1.82, 2.24) is 5.32 Å². The third kappa shape index (κ3) is 2.76. The van der Waals surface area contributed by atoms with Gasteiger partial charge in [0, 0.05) is 11.8 Å². The molecule has 1 aromatic carbocycles. The first-order valence-corrected chi connectivity index (χ1v) is 6.87.